The van der Waals surface area contributed by atoms with Gasteiger partial charge in [0, 0.05) is 24.6 Å². The number of methoxy groups -OCH3 is 2. The Morgan fingerprint density at radius 1 is 1.25 bits per heavy atom. The summed E-state index contributed by atoms with van der Waals surface area (Å²) < 4.78 is 11.4. The van der Waals surface area contributed by atoms with E-state index in [2.05, 4.69) is 12.3 Å². The van der Waals surface area contributed by atoms with E-state index < -0.39 is 0 Å². The van der Waals surface area contributed by atoms with E-state index in [1.807, 2.05) is 13.1 Å². The van der Waals surface area contributed by atoms with Crippen LogP contribution in [-0.4, -0.2) is 32.7 Å². The lowest BCUT2D eigenvalue weighted by atomic mass is 9.55. The zero-order valence-electron chi connectivity index (χ0n) is 15.1. The van der Waals surface area contributed by atoms with Crippen LogP contribution in [0.25, 0.3) is 0 Å². The van der Waals surface area contributed by atoms with Crippen molar-refractivity contribution in [1.82, 2.24) is 4.90 Å². The van der Waals surface area contributed by atoms with Gasteiger partial charge in [0.15, 0.2) is 17.7 Å². The summed E-state index contributed by atoms with van der Waals surface area (Å²) in [5, 5.41) is 9.17. The molecule has 1 aromatic carbocycles. The summed E-state index contributed by atoms with van der Waals surface area (Å²) in [4.78, 5) is 1.75. The second-order valence-corrected chi connectivity index (χ2v) is 7.24. The van der Waals surface area contributed by atoms with Crippen molar-refractivity contribution in [2.45, 2.75) is 50.4 Å². The van der Waals surface area contributed by atoms with Crippen molar-refractivity contribution in [3.05, 3.63) is 23.3 Å². The van der Waals surface area contributed by atoms with Crippen LogP contribution in [0, 0.1) is 17.4 Å². The average Bonchev–Trinajstić information content (AvgIpc) is 2.64. The van der Waals surface area contributed by atoms with Crippen LogP contribution in [0.4, 0.5) is 0 Å². The number of fused-ring (bicyclic) bond motifs is 3. The van der Waals surface area contributed by atoms with E-state index in [-0.39, 0.29) is 5.41 Å². The largest absolute Gasteiger partial charge is 0.493 e. The van der Waals surface area contributed by atoms with Gasteiger partial charge in [0.05, 0.1) is 14.2 Å². The third-order valence-corrected chi connectivity index (χ3v) is 6.16. The molecule has 0 bridgehead atoms. The van der Waals surface area contributed by atoms with Crippen molar-refractivity contribution < 1.29 is 9.47 Å². The van der Waals surface area contributed by atoms with Gasteiger partial charge in [0.2, 0.25) is 0 Å². The van der Waals surface area contributed by atoms with Gasteiger partial charge in [-0.3, -0.25) is 0 Å². The van der Waals surface area contributed by atoms with Gasteiger partial charge in [-0.15, -0.1) is 0 Å². The molecule has 4 heteroatoms. The molecule has 0 spiro atoms. The molecule has 2 aliphatic rings. The highest BCUT2D eigenvalue weighted by Gasteiger charge is 2.47. The van der Waals surface area contributed by atoms with Crippen molar-refractivity contribution in [1.29, 1.82) is 5.26 Å². The Morgan fingerprint density at radius 2 is 2.08 bits per heavy atom. The summed E-state index contributed by atoms with van der Waals surface area (Å²) in [5.41, 5.74) is 2.90. The molecule has 4 nitrogen and oxygen atoms in total. The highest BCUT2D eigenvalue weighted by Crippen LogP contribution is 2.56. The van der Waals surface area contributed by atoms with Crippen molar-refractivity contribution >= 4 is 0 Å². The predicted octanol–water partition coefficient (Wildman–Crippen LogP) is 3.88. The van der Waals surface area contributed by atoms with Gasteiger partial charge < -0.3 is 14.4 Å². The molecule has 130 valence electrons. The molecule has 0 N–H and O–H groups in total. The smallest absolute Gasteiger partial charge is 0.179 e. The summed E-state index contributed by atoms with van der Waals surface area (Å²) in [6, 6.07) is 4.26. The van der Waals surface area contributed by atoms with Crippen LogP contribution in [0.15, 0.2) is 12.1 Å². The molecule has 2 aliphatic carbocycles. The van der Waals surface area contributed by atoms with Crippen LogP contribution >= 0.6 is 0 Å². The van der Waals surface area contributed by atoms with Crippen LogP contribution in [0.3, 0.4) is 0 Å². The molecule has 0 aromatic heterocycles. The molecule has 1 saturated carbocycles. The lowest BCUT2D eigenvalue weighted by molar-refractivity contribution is 0.134. The minimum atomic E-state index is 0.122. The van der Waals surface area contributed by atoms with Gasteiger partial charge in [0.25, 0.3) is 0 Å². The van der Waals surface area contributed by atoms with Gasteiger partial charge >= 0.3 is 0 Å². The minimum Gasteiger partial charge on any atom is -0.493 e. The molecule has 1 fully saturated rings. The maximum atomic E-state index is 9.17. The number of benzene rings is 1. The van der Waals surface area contributed by atoms with E-state index in [1.165, 1.54) is 43.2 Å². The maximum Gasteiger partial charge on any atom is 0.179 e. The Kier molecular flexibility index (Phi) is 4.89. The van der Waals surface area contributed by atoms with Crippen molar-refractivity contribution in [3.63, 3.8) is 0 Å². The Hall–Kier alpha value is -1.89. The molecule has 2 unspecified atom stereocenters. The Balaban J connectivity index is 2.11. The summed E-state index contributed by atoms with van der Waals surface area (Å²) in [6.07, 6.45) is 10.7. The van der Waals surface area contributed by atoms with E-state index in [0.29, 0.717) is 5.92 Å². The normalized spacial score (nSPS) is 25.2. The minimum absolute atomic E-state index is 0.122. The summed E-state index contributed by atoms with van der Waals surface area (Å²) in [5.74, 6) is 2.43. The number of rotatable bonds is 5. The molecule has 24 heavy (non-hydrogen) atoms. The highest BCUT2D eigenvalue weighted by atomic mass is 16.5. The van der Waals surface area contributed by atoms with Gasteiger partial charge in [-0.05, 0) is 49.7 Å². The molecule has 3 rings (SSSR count). The molecular formula is C20H28N2O2. The second-order valence-electron chi connectivity index (χ2n) is 7.24. The fourth-order valence-electron chi connectivity index (χ4n) is 4.98. The van der Waals surface area contributed by atoms with E-state index in [4.69, 9.17) is 14.7 Å². The number of aryl methyl sites for hydroxylation is 1. The molecular weight excluding hydrogens is 300 g/mol. The first-order valence-electron chi connectivity index (χ1n) is 9.01. The predicted molar refractivity (Wildman–Crippen MR) is 94.4 cm³/mol. The topological polar surface area (TPSA) is 45.5 Å². The summed E-state index contributed by atoms with van der Waals surface area (Å²) in [7, 11) is 5.34. The zero-order valence-corrected chi connectivity index (χ0v) is 15.1. The third-order valence-electron chi connectivity index (χ3n) is 6.16. The molecule has 0 amide bonds. The molecule has 0 aliphatic heterocycles. The maximum absolute atomic E-state index is 9.17. The number of ether oxygens (including phenoxy) is 2. The Bertz CT molecular complexity index is 637. The van der Waals surface area contributed by atoms with Gasteiger partial charge in [-0.25, -0.2) is 0 Å². The van der Waals surface area contributed by atoms with Crippen molar-refractivity contribution in [3.8, 4) is 17.7 Å². The molecule has 1 aromatic rings. The zero-order chi connectivity index (χ0) is 17.2. The van der Waals surface area contributed by atoms with Crippen LogP contribution < -0.4 is 9.47 Å². The highest BCUT2D eigenvalue weighted by molar-refractivity contribution is 5.56. The first kappa shape index (κ1) is 17.0. The van der Waals surface area contributed by atoms with Crippen molar-refractivity contribution in [2.75, 3.05) is 27.8 Å². The summed E-state index contributed by atoms with van der Waals surface area (Å²) in [6.45, 7) is 0.798. The van der Waals surface area contributed by atoms with Crippen LogP contribution in [0.2, 0.25) is 0 Å². The first-order chi connectivity index (χ1) is 11.7. The number of nitriles is 1. The fraction of sp³-hybridized carbons (Fsp3) is 0.650. The lowest BCUT2D eigenvalue weighted by Crippen LogP contribution is -2.44. The monoisotopic (exact) mass is 328 g/mol. The fourth-order valence-corrected chi connectivity index (χ4v) is 4.98. The van der Waals surface area contributed by atoms with Crippen LogP contribution in [0.5, 0.6) is 11.5 Å². The SMILES string of the molecule is COc1ccc2c(c1OC)C1(CCN(C)C#N)CCCCC1CC2. The molecule has 0 saturated heterocycles. The van der Waals surface area contributed by atoms with E-state index in [1.54, 1.807) is 19.1 Å². The quantitative estimate of drug-likeness (QED) is 0.608. The number of hydrogen-bond acceptors (Lipinski definition) is 4. The van der Waals surface area contributed by atoms with E-state index in [9.17, 15) is 0 Å². The lowest BCUT2D eigenvalue weighted by Gasteiger charge is -2.49. The van der Waals surface area contributed by atoms with Crippen molar-refractivity contribution in [2.24, 2.45) is 5.92 Å². The third kappa shape index (κ3) is 2.70. The van der Waals surface area contributed by atoms with E-state index >= 15 is 0 Å². The second kappa shape index (κ2) is 6.93. The van der Waals surface area contributed by atoms with Gasteiger partial charge in [-0.2, -0.15) is 5.26 Å². The standard InChI is InChI=1S/C20H28N2O2/c1-22(14-21)13-12-20-11-5-4-6-16(20)9-7-15-8-10-17(23-2)19(24-3)18(15)20/h8,10,16H,4-7,9,11-13H2,1-3H3. The molecule has 0 heterocycles. The number of hydrogen-bond donors (Lipinski definition) is 0. The van der Waals surface area contributed by atoms with Crippen LogP contribution in [-0.2, 0) is 11.8 Å². The first-order valence-corrected chi connectivity index (χ1v) is 9.01. The molecule has 0 radical (unpaired) electrons. The van der Waals surface area contributed by atoms with Gasteiger partial charge in [0.1, 0.15) is 0 Å². The molecule has 2 atom stereocenters. The summed E-state index contributed by atoms with van der Waals surface area (Å²) >= 11 is 0. The van der Waals surface area contributed by atoms with Gasteiger partial charge in [-0.1, -0.05) is 18.9 Å². The number of nitrogens with zero attached hydrogens (tertiary/aromatic N) is 2. The average molecular weight is 328 g/mol. The Labute approximate surface area is 145 Å². The Morgan fingerprint density at radius 3 is 2.79 bits per heavy atom. The van der Waals surface area contributed by atoms with E-state index in [0.717, 1.165) is 30.9 Å². The van der Waals surface area contributed by atoms with Crippen LogP contribution in [0.1, 0.15) is 49.7 Å².